The summed E-state index contributed by atoms with van der Waals surface area (Å²) in [5.41, 5.74) is -0.0196. The second-order valence-electron chi connectivity index (χ2n) is 6.23. The van der Waals surface area contributed by atoms with Crippen LogP contribution in [-0.2, 0) is 16.3 Å². The second kappa shape index (κ2) is 7.89. The van der Waals surface area contributed by atoms with Crippen LogP contribution >= 0.6 is 15.9 Å². The maximum atomic E-state index is 12.1. The SMILES string of the molecule is C[C@H](Nc1cnn(COCC[Si](C)(C)C)c(=O)c1Br)C(=O)O. The van der Waals surface area contributed by atoms with Crippen LogP contribution in [0.2, 0.25) is 25.7 Å². The molecule has 0 bridgehead atoms. The fraction of sp³-hybridized carbons (Fsp3) is 0.615. The monoisotopic (exact) mass is 391 g/mol. The Hall–Kier alpha value is -1.19. The zero-order valence-electron chi connectivity index (χ0n) is 13.2. The quantitative estimate of drug-likeness (QED) is 0.521. The Morgan fingerprint density at radius 2 is 2.18 bits per heavy atom. The molecular formula is C13H22BrN3O4Si. The fourth-order valence-corrected chi connectivity index (χ4v) is 2.66. The lowest BCUT2D eigenvalue weighted by molar-refractivity contribution is -0.137. The van der Waals surface area contributed by atoms with Gasteiger partial charge in [-0.15, -0.1) is 0 Å². The van der Waals surface area contributed by atoms with E-state index in [0.29, 0.717) is 12.3 Å². The minimum absolute atomic E-state index is 0.0800. The van der Waals surface area contributed by atoms with Crippen LogP contribution in [0.3, 0.4) is 0 Å². The Morgan fingerprint density at radius 1 is 1.55 bits per heavy atom. The molecule has 1 atom stereocenters. The molecule has 22 heavy (non-hydrogen) atoms. The molecule has 0 aliphatic heterocycles. The maximum absolute atomic E-state index is 12.1. The molecule has 0 spiro atoms. The summed E-state index contributed by atoms with van der Waals surface area (Å²) in [5.74, 6) is -1.01. The summed E-state index contributed by atoms with van der Waals surface area (Å²) in [5, 5.41) is 15.6. The number of hydrogen-bond donors (Lipinski definition) is 2. The molecule has 0 radical (unpaired) electrons. The third-order valence-electron chi connectivity index (χ3n) is 2.94. The first kappa shape index (κ1) is 18.9. The third-order valence-corrected chi connectivity index (χ3v) is 5.41. The highest BCUT2D eigenvalue weighted by atomic mass is 79.9. The average Bonchev–Trinajstić information content (AvgIpc) is 2.40. The number of carbonyl (C=O) groups is 1. The molecule has 2 N–H and O–H groups in total. The predicted molar refractivity (Wildman–Crippen MR) is 91.0 cm³/mol. The molecule has 0 unspecified atom stereocenters. The van der Waals surface area contributed by atoms with Crippen LogP contribution in [0.15, 0.2) is 15.5 Å². The van der Waals surface area contributed by atoms with E-state index in [-0.39, 0.29) is 16.8 Å². The van der Waals surface area contributed by atoms with Crippen molar-refractivity contribution in [1.29, 1.82) is 0 Å². The molecule has 9 heteroatoms. The number of carboxylic acid groups (broad SMARTS) is 1. The Labute approximate surface area is 138 Å². The van der Waals surface area contributed by atoms with Gasteiger partial charge >= 0.3 is 5.97 Å². The molecule has 124 valence electrons. The van der Waals surface area contributed by atoms with Gasteiger partial charge in [-0.2, -0.15) is 5.10 Å². The van der Waals surface area contributed by atoms with Gasteiger partial charge in [-0.05, 0) is 28.9 Å². The highest BCUT2D eigenvalue weighted by molar-refractivity contribution is 9.10. The summed E-state index contributed by atoms with van der Waals surface area (Å²) in [7, 11) is -1.17. The average molecular weight is 392 g/mol. The smallest absolute Gasteiger partial charge is 0.325 e. The molecule has 0 saturated heterocycles. The lowest BCUT2D eigenvalue weighted by atomic mass is 10.3. The van der Waals surface area contributed by atoms with Crippen LogP contribution in [0.25, 0.3) is 0 Å². The van der Waals surface area contributed by atoms with Crippen LogP contribution in [0, 0.1) is 0 Å². The van der Waals surface area contributed by atoms with Crippen molar-refractivity contribution in [2.75, 3.05) is 11.9 Å². The van der Waals surface area contributed by atoms with Gasteiger partial charge in [0.05, 0.1) is 11.9 Å². The molecule has 0 aliphatic rings. The zero-order chi connectivity index (χ0) is 16.9. The van der Waals surface area contributed by atoms with Crippen molar-refractivity contribution >= 4 is 35.7 Å². The zero-order valence-corrected chi connectivity index (χ0v) is 15.8. The van der Waals surface area contributed by atoms with Crippen LogP contribution in [0.5, 0.6) is 0 Å². The number of rotatable bonds is 8. The van der Waals surface area contributed by atoms with Crippen LogP contribution in [0.4, 0.5) is 5.69 Å². The van der Waals surface area contributed by atoms with Gasteiger partial charge in [0, 0.05) is 14.7 Å². The summed E-state index contributed by atoms with van der Waals surface area (Å²) in [4.78, 5) is 23.0. The number of aromatic nitrogens is 2. The molecule has 7 nitrogen and oxygen atoms in total. The molecule has 0 amide bonds. The Morgan fingerprint density at radius 3 is 2.73 bits per heavy atom. The van der Waals surface area contributed by atoms with Crippen molar-refractivity contribution in [3.8, 4) is 0 Å². The van der Waals surface area contributed by atoms with Gasteiger partial charge in [0.15, 0.2) is 0 Å². The number of hydrogen-bond acceptors (Lipinski definition) is 5. The summed E-state index contributed by atoms with van der Waals surface area (Å²) in [6.45, 7) is 8.92. The predicted octanol–water partition coefficient (Wildman–Crippen LogP) is 2.20. The van der Waals surface area contributed by atoms with Crippen LogP contribution < -0.4 is 10.9 Å². The third kappa shape index (κ3) is 5.89. The number of nitrogens with zero attached hydrogens (tertiary/aromatic N) is 2. The summed E-state index contributed by atoms with van der Waals surface area (Å²) in [6, 6.07) is 0.194. The first-order chi connectivity index (χ1) is 10.1. The number of anilines is 1. The summed E-state index contributed by atoms with van der Waals surface area (Å²) >= 11 is 3.17. The topological polar surface area (TPSA) is 93.5 Å². The molecular weight excluding hydrogens is 370 g/mol. The minimum atomic E-state index is -1.17. The van der Waals surface area contributed by atoms with E-state index in [4.69, 9.17) is 9.84 Å². The van der Waals surface area contributed by atoms with Gasteiger partial charge in [0.2, 0.25) is 0 Å². The molecule has 1 rings (SSSR count). The van der Waals surface area contributed by atoms with Crippen molar-refractivity contribution in [2.45, 2.75) is 45.4 Å². The molecule has 1 aromatic rings. The van der Waals surface area contributed by atoms with Gasteiger partial charge < -0.3 is 15.2 Å². The number of halogens is 1. The molecule has 1 heterocycles. The van der Waals surface area contributed by atoms with E-state index in [1.165, 1.54) is 17.8 Å². The molecule has 1 aromatic heterocycles. The summed E-state index contributed by atoms with van der Waals surface area (Å²) < 4.78 is 6.93. The fourth-order valence-electron chi connectivity index (χ4n) is 1.48. The number of aliphatic carboxylic acids is 1. The molecule has 0 aromatic carbocycles. The van der Waals surface area contributed by atoms with Crippen LogP contribution in [-0.4, -0.2) is 41.6 Å². The van der Waals surface area contributed by atoms with Gasteiger partial charge in [-0.3, -0.25) is 9.59 Å². The lowest BCUT2D eigenvalue weighted by Crippen LogP contribution is -2.30. The highest BCUT2D eigenvalue weighted by Gasteiger charge is 2.16. The van der Waals surface area contributed by atoms with E-state index in [9.17, 15) is 9.59 Å². The highest BCUT2D eigenvalue weighted by Crippen LogP contribution is 2.17. The van der Waals surface area contributed by atoms with Crippen molar-refractivity contribution in [3.05, 3.63) is 21.0 Å². The minimum Gasteiger partial charge on any atom is -0.480 e. The second-order valence-corrected chi connectivity index (χ2v) is 12.6. The maximum Gasteiger partial charge on any atom is 0.325 e. The van der Waals surface area contributed by atoms with Crippen molar-refractivity contribution in [1.82, 2.24) is 9.78 Å². The normalized spacial score (nSPS) is 13.0. The van der Waals surface area contributed by atoms with E-state index in [2.05, 4.69) is 46.0 Å². The van der Waals surface area contributed by atoms with Gasteiger partial charge in [-0.1, -0.05) is 19.6 Å². The van der Waals surface area contributed by atoms with E-state index in [1.807, 2.05) is 0 Å². The molecule has 0 saturated carbocycles. The van der Waals surface area contributed by atoms with Crippen molar-refractivity contribution < 1.29 is 14.6 Å². The Balaban J connectivity index is 2.70. The van der Waals surface area contributed by atoms with Gasteiger partial charge in [0.25, 0.3) is 5.56 Å². The number of carboxylic acids is 1. The lowest BCUT2D eigenvalue weighted by Gasteiger charge is -2.16. The summed E-state index contributed by atoms with van der Waals surface area (Å²) in [6.07, 6.45) is 1.41. The first-order valence-corrected chi connectivity index (χ1v) is 11.4. The van der Waals surface area contributed by atoms with E-state index < -0.39 is 20.1 Å². The Kier molecular flexibility index (Phi) is 6.76. The first-order valence-electron chi connectivity index (χ1n) is 6.94. The Bertz CT molecular complexity index is 586. The van der Waals surface area contributed by atoms with Crippen molar-refractivity contribution in [2.24, 2.45) is 0 Å². The van der Waals surface area contributed by atoms with Gasteiger partial charge in [-0.25, -0.2) is 4.68 Å². The standard InChI is InChI=1S/C13H22BrN3O4Si/c1-9(13(19)20)16-10-7-15-17(12(18)11(10)14)8-21-5-6-22(2,3)4/h7,9,16H,5-6,8H2,1-4H3,(H,19,20)/t9-/m0/s1. The molecule has 0 aliphatic carbocycles. The van der Waals surface area contributed by atoms with E-state index >= 15 is 0 Å². The largest absolute Gasteiger partial charge is 0.480 e. The molecule has 0 fully saturated rings. The van der Waals surface area contributed by atoms with E-state index in [0.717, 1.165) is 6.04 Å². The number of ether oxygens (including phenoxy) is 1. The van der Waals surface area contributed by atoms with Crippen LogP contribution in [0.1, 0.15) is 6.92 Å². The van der Waals surface area contributed by atoms with Crippen molar-refractivity contribution in [3.63, 3.8) is 0 Å². The van der Waals surface area contributed by atoms with Gasteiger partial charge in [0.1, 0.15) is 17.2 Å². The number of nitrogens with one attached hydrogen (secondary N) is 1. The van der Waals surface area contributed by atoms with E-state index in [1.54, 1.807) is 0 Å².